The monoisotopic (exact) mass is 310 g/mol. The standard InChI is InChI=1S/C17H26N2O.ClH/c1-12(17(2,3)4)11-16(20)19-10-6-7-13-14(18)8-5-9-15(13)19;/h5,8-9,12H,6-7,10-11,18H2,1-4H3;1H. The summed E-state index contributed by atoms with van der Waals surface area (Å²) in [6.45, 7) is 9.53. The molecule has 2 rings (SSSR count). The lowest BCUT2D eigenvalue weighted by Gasteiger charge is -2.33. The van der Waals surface area contributed by atoms with Crippen molar-refractivity contribution in [2.45, 2.75) is 47.0 Å². The summed E-state index contributed by atoms with van der Waals surface area (Å²) in [5, 5.41) is 0. The molecule has 2 N–H and O–H groups in total. The molecule has 0 aromatic heterocycles. The minimum Gasteiger partial charge on any atom is -0.398 e. The maximum absolute atomic E-state index is 12.6. The summed E-state index contributed by atoms with van der Waals surface area (Å²) in [5.74, 6) is 0.584. The maximum Gasteiger partial charge on any atom is 0.227 e. The van der Waals surface area contributed by atoms with Crippen LogP contribution >= 0.6 is 12.4 Å². The molecule has 0 saturated carbocycles. The maximum atomic E-state index is 12.6. The summed E-state index contributed by atoms with van der Waals surface area (Å²) in [6.07, 6.45) is 2.56. The molecule has 1 heterocycles. The Hall–Kier alpha value is -1.22. The van der Waals surface area contributed by atoms with Crippen LogP contribution in [0, 0.1) is 11.3 Å². The quantitative estimate of drug-likeness (QED) is 0.838. The van der Waals surface area contributed by atoms with E-state index in [0.717, 1.165) is 36.3 Å². The third kappa shape index (κ3) is 3.91. The van der Waals surface area contributed by atoms with Gasteiger partial charge in [-0.1, -0.05) is 33.8 Å². The molecule has 0 saturated heterocycles. The molecule has 1 aliphatic rings. The minimum atomic E-state index is 0. The predicted molar refractivity (Wildman–Crippen MR) is 92.0 cm³/mol. The third-order valence-electron chi connectivity index (χ3n) is 4.55. The summed E-state index contributed by atoms with van der Waals surface area (Å²) in [6, 6.07) is 5.88. The number of nitrogens with zero attached hydrogens (tertiary/aromatic N) is 1. The lowest BCUT2D eigenvalue weighted by atomic mass is 9.80. The number of anilines is 2. The molecule has 1 aliphatic heterocycles. The first-order chi connectivity index (χ1) is 9.30. The Balaban J connectivity index is 0.00000220. The summed E-state index contributed by atoms with van der Waals surface area (Å²) in [5.41, 5.74) is 9.15. The second-order valence-corrected chi connectivity index (χ2v) is 6.97. The van der Waals surface area contributed by atoms with Gasteiger partial charge in [-0.3, -0.25) is 4.79 Å². The zero-order valence-electron chi connectivity index (χ0n) is 13.5. The number of carbonyl (C=O) groups excluding carboxylic acids is 1. The molecule has 118 valence electrons. The van der Waals surface area contributed by atoms with Gasteiger partial charge < -0.3 is 10.6 Å². The lowest BCUT2D eigenvalue weighted by Crippen LogP contribution is -2.37. The van der Waals surface area contributed by atoms with E-state index in [9.17, 15) is 4.79 Å². The smallest absolute Gasteiger partial charge is 0.227 e. The lowest BCUT2D eigenvalue weighted by molar-refractivity contribution is -0.120. The molecule has 1 amide bonds. The second kappa shape index (κ2) is 6.69. The van der Waals surface area contributed by atoms with E-state index in [2.05, 4.69) is 27.7 Å². The van der Waals surface area contributed by atoms with Crippen molar-refractivity contribution in [2.75, 3.05) is 17.2 Å². The van der Waals surface area contributed by atoms with E-state index < -0.39 is 0 Å². The molecule has 1 atom stereocenters. The number of halogens is 1. The Labute approximate surface area is 134 Å². The van der Waals surface area contributed by atoms with Crippen molar-refractivity contribution in [2.24, 2.45) is 11.3 Å². The van der Waals surface area contributed by atoms with Crippen molar-refractivity contribution >= 4 is 29.7 Å². The van der Waals surface area contributed by atoms with Gasteiger partial charge in [-0.15, -0.1) is 12.4 Å². The normalized spacial score (nSPS) is 15.9. The molecular formula is C17H27ClN2O. The van der Waals surface area contributed by atoms with Gasteiger partial charge in [-0.25, -0.2) is 0 Å². The molecule has 0 radical (unpaired) electrons. The Bertz CT molecular complexity index is 508. The number of carbonyl (C=O) groups is 1. The number of amides is 1. The predicted octanol–water partition coefficient (Wildman–Crippen LogP) is 4.04. The SMILES string of the molecule is CC(CC(=O)N1CCCc2c(N)cccc21)C(C)(C)C.Cl. The Morgan fingerprint density at radius 1 is 1.38 bits per heavy atom. The fourth-order valence-corrected chi connectivity index (χ4v) is 2.59. The van der Waals surface area contributed by atoms with E-state index in [4.69, 9.17) is 5.73 Å². The van der Waals surface area contributed by atoms with Gasteiger partial charge in [-0.2, -0.15) is 0 Å². The number of hydrogen-bond donors (Lipinski definition) is 1. The minimum absolute atomic E-state index is 0. The van der Waals surface area contributed by atoms with Crippen LogP contribution in [0.2, 0.25) is 0 Å². The van der Waals surface area contributed by atoms with Crippen molar-refractivity contribution in [1.29, 1.82) is 0 Å². The molecule has 3 nitrogen and oxygen atoms in total. The highest BCUT2D eigenvalue weighted by Crippen LogP contribution is 2.34. The summed E-state index contributed by atoms with van der Waals surface area (Å²) < 4.78 is 0. The summed E-state index contributed by atoms with van der Waals surface area (Å²) >= 11 is 0. The molecule has 0 aliphatic carbocycles. The van der Waals surface area contributed by atoms with Gasteiger partial charge >= 0.3 is 0 Å². The van der Waals surface area contributed by atoms with E-state index >= 15 is 0 Å². The van der Waals surface area contributed by atoms with Crippen LogP contribution in [0.4, 0.5) is 11.4 Å². The molecule has 4 heteroatoms. The van der Waals surface area contributed by atoms with E-state index in [1.54, 1.807) is 0 Å². The van der Waals surface area contributed by atoms with Gasteiger partial charge in [0.2, 0.25) is 5.91 Å². The second-order valence-electron chi connectivity index (χ2n) is 6.97. The van der Waals surface area contributed by atoms with Crippen LogP contribution in [0.3, 0.4) is 0 Å². The zero-order valence-corrected chi connectivity index (χ0v) is 14.3. The van der Waals surface area contributed by atoms with Gasteiger partial charge in [0.15, 0.2) is 0 Å². The first kappa shape index (κ1) is 17.8. The number of fused-ring (bicyclic) bond motifs is 1. The largest absolute Gasteiger partial charge is 0.398 e. The third-order valence-corrected chi connectivity index (χ3v) is 4.55. The van der Waals surface area contributed by atoms with Crippen LogP contribution in [-0.2, 0) is 11.2 Å². The van der Waals surface area contributed by atoms with Crippen molar-refractivity contribution < 1.29 is 4.79 Å². The molecule has 1 aromatic rings. The highest BCUT2D eigenvalue weighted by atomic mass is 35.5. The Kier molecular flexibility index (Phi) is 5.68. The van der Waals surface area contributed by atoms with Crippen LogP contribution in [0.25, 0.3) is 0 Å². The van der Waals surface area contributed by atoms with Crippen LogP contribution in [0.15, 0.2) is 18.2 Å². The van der Waals surface area contributed by atoms with E-state index in [0.29, 0.717) is 12.3 Å². The first-order valence-electron chi connectivity index (χ1n) is 7.48. The van der Waals surface area contributed by atoms with Gasteiger partial charge in [0.25, 0.3) is 0 Å². The zero-order chi connectivity index (χ0) is 14.9. The molecule has 21 heavy (non-hydrogen) atoms. The molecule has 0 bridgehead atoms. The summed E-state index contributed by atoms with van der Waals surface area (Å²) in [4.78, 5) is 14.5. The average molecular weight is 311 g/mol. The van der Waals surface area contributed by atoms with Gasteiger partial charge in [0.05, 0.1) is 0 Å². The Morgan fingerprint density at radius 2 is 2.05 bits per heavy atom. The topological polar surface area (TPSA) is 46.3 Å². The highest BCUT2D eigenvalue weighted by Gasteiger charge is 2.28. The fraction of sp³-hybridized carbons (Fsp3) is 0.588. The van der Waals surface area contributed by atoms with Crippen molar-refractivity contribution in [1.82, 2.24) is 0 Å². The number of nitrogens with two attached hydrogens (primary N) is 1. The van der Waals surface area contributed by atoms with Crippen LogP contribution in [-0.4, -0.2) is 12.5 Å². The van der Waals surface area contributed by atoms with E-state index in [1.807, 2.05) is 23.1 Å². The Morgan fingerprint density at radius 3 is 2.67 bits per heavy atom. The number of benzene rings is 1. The average Bonchev–Trinajstić information content (AvgIpc) is 2.37. The van der Waals surface area contributed by atoms with Crippen LogP contribution in [0.5, 0.6) is 0 Å². The molecule has 0 spiro atoms. The highest BCUT2D eigenvalue weighted by molar-refractivity contribution is 5.95. The number of rotatable bonds is 2. The van der Waals surface area contributed by atoms with Crippen molar-refractivity contribution in [3.8, 4) is 0 Å². The van der Waals surface area contributed by atoms with Gasteiger partial charge in [0.1, 0.15) is 0 Å². The molecule has 1 unspecified atom stereocenters. The summed E-state index contributed by atoms with van der Waals surface area (Å²) in [7, 11) is 0. The molecule has 1 aromatic carbocycles. The number of hydrogen-bond acceptors (Lipinski definition) is 2. The first-order valence-corrected chi connectivity index (χ1v) is 7.48. The van der Waals surface area contributed by atoms with Gasteiger partial charge in [0, 0.05) is 24.3 Å². The van der Waals surface area contributed by atoms with Crippen molar-refractivity contribution in [3.05, 3.63) is 23.8 Å². The van der Waals surface area contributed by atoms with E-state index in [-0.39, 0.29) is 23.7 Å². The van der Waals surface area contributed by atoms with Crippen molar-refractivity contribution in [3.63, 3.8) is 0 Å². The van der Waals surface area contributed by atoms with E-state index in [1.165, 1.54) is 0 Å². The fourth-order valence-electron chi connectivity index (χ4n) is 2.59. The van der Waals surface area contributed by atoms with Crippen LogP contribution < -0.4 is 10.6 Å². The molecule has 0 fully saturated rings. The van der Waals surface area contributed by atoms with Gasteiger partial charge in [-0.05, 0) is 41.9 Å². The molecular weight excluding hydrogens is 284 g/mol. The number of nitrogen functional groups attached to an aromatic ring is 1. The van der Waals surface area contributed by atoms with Crippen LogP contribution in [0.1, 0.15) is 46.1 Å².